The van der Waals surface area contributed by atoms with Crippen LogP contribution in [-0.4, -0.2) is 8.75 Å². The minimum atomic E-state index is -0.859. The topological polar surface area (TPSA) is 25.8 Å². The second-order valence-electron chi connectivity index (χ2n) is 16.3. The largest absolute Gasteiger partial charge is 0.203 e. The van der Waals surface area contributed by atoms with E-state index in [1.54, 1.807) is 22.7 Å². The zero-order chi connectivity index (χ0) is 39.3. The number of hydrogen-bond donors (Lipinski definition) is 0. The van der Waals surface area contributed by atoms with Crippen molar-refractivity contribution < 1.29 is 8.78 Å². The monoisotopic (exact) mass is 834 g/mol. The van der Waals surface area contributed by atoms with Gasteiger partial charge in [0.25, 0.3) is 0 Å². The van der Waals surface area contributed by atoms with Crippen molar-refractivity contribution in [1.29, 1.82) is 0 Å². The van der Waals surface area contributed by atoms with E-state index in [1.807, 2.05) is 23.5 Å². The van der Waals surface area contributed by atoms with Gasteiger partial charge in [-0.15, -0.1) is 45.3 Å². The summed E-state index contributed by atoms with van der Waals surface area (Å²) in [6.07, 6.45) is 5.42. The summed E-state index contributed by atoms with van der Waals surface area (Å²) >= 11 is 7.80. The lowest BCUT2D eigenvalue weighted by Crippen LogP contribution is -2.19. The zero-order valence-electron chi connectivity index (χ0n) is 33.0. The Hall–Kier alpha value is -3.60. The maximum atomic E-state index is 16.6. The molecule has 0 N–H and O–H groups in total. The van der Waals surface area contributed by atoms with Gasteiger partial charge in [0.1, 0.15) is 11.0 Å². The van der Waals surface area contributed by atoms with Crippen molar-refractivity contribution in [2.45, 2.75) is 98.3 Å². The molecule has 0 radical (unpaired) electrons. The van der Waals surface area contributed by atoms with Gasteiger partial charge in [-0.2, -0.15) is 8.75 Å². The summed E-state index contributed by atoms with van der Waals surface area (Å²) in [6.45, 7) is 17.8. The van der Waals surface area contributed by atoms with E-state index in [4.69, 9.17) is 0 Å². The van der Waals surface area contributed by atoms with Crippen molar-refractivity contribution in [3.63, 3.8) is 0 Å². The van der Waals surface area contributed by atoms with E-state index >= 15 is 8.78 Å². The Bertz CT molecular complexity index is 2990. The van der Waals surface area contributed by atoms with Crippen LogP contribution in [0.25, 0.3) is 83.4 Å². The SMILES string of the molecule is CCCC(C)(C)c1cc2ccc3c4ccc5cc(-c6sc(-c7c(F)c(F)c(-c8cc(C)c(C(C)(CC)CCC)s8)c8nsnc78)cc6C)sc5c4ccc3c2s1. The van der Waals surface area contributed by atoms with Crippen molar-refractivity contribution in [3.05, 3.63) is 93.2 Å². The van der Waals surface area contributed by atoms with Gasteiger partial charge in [0.15, 0.2) is 11.6 Å². The molecule has 2 nitrogen and oxygen atoms in total. The number of halogens is 2. The summed E-state index contributed by atoms with van der Waals surface area (Å²) in [5.74, 6) is -1.71. The number of nitrogens with zero attached hydrogens (tertiary/aromatic N) is 2. The average Bonchev–Trinajstić information content (AvgIpc) is 4.02. The van der Waals surface area contributed by atoms with E-state index in [9.17, 15) is 0 Å². The highest BCUT2D eigenvalue weighted by Gasteiger charge is 2.32. The van der Waals surface area contributed by atoms with Gasteiger partial charge in [0, 0.05) is 54.9 Å². The van der Waals surface area contributed by atoms with Crippen LogP contribution in [0.5, 0.6) is 0 Å². The Labute approximate surface area is 347 Å². The molecule has 0 spiro atoms. The van der Waals surface area contributed by atoms with E-state index in [2.05, 4.69) is 113 Å². The summed E-state index contributed by atoms with van der Waals surface area (Å²) in [5, 5.41) is 7.58. The quantitative estimate of drug-likeness (QED) is 0.128. The van der Waals surface area contributed by atoms with Crippen LogP contribution in [0.15, 0.2) is 60.7 Å². The van der Waals surface area contributed by atoms with Gasteiger partial charge >= 0.3 is 0 Å². The molecule has 5 aromatic heterocycles. The fourth-order valence-electron chi connectivity index (χ4n) is 8.86. The third kappa shape index (κ3) is 5.90. The lowest BCUT2D eigenvalue weighted by atomic mass is 9.80. The number of aryl methyl sites for hydroxylation is 2. The first-order valence-electron chi connectivity index (χ1n) is 19.5. The minimum Gasteiger partial charge on any atom is -0.203 e. The summed E-state index contributed by atoms with van der Waals surface area (Å²) in [7, 11) is 0. The number of rotatable bonds is 10. The van der Waals surface area contributed by atoms with Crippen molar-refractivity contribution in [2.75, 3.05) is 0 Å². The lowest BCUT2D eigenvalue weighted by molar-refractivity contribution is 0.420. The summed E-state index contributed by atoms with van der Waals surface area (Å²) in [5.41, 5.74) is 3.57. The standard InChI is InChI=1S/C47H44F2N2S5/c1-9-18-46(6,7)35-23-27-13-15-29-28-14-12-26-22-34(53-43(26)30(28)16-17-31(29)44(27)55-35)42-24(4)20-32(52-42)36-38(48)39(49)37(41-40(36)50-56-51-41)33-21-25(5)45(54-33)47(8,11-3)19-10-2/h12-17,20-23H,9-11,18-19H2,1-8H3. The molecule has 9 rings (SSSR count). The minimum absolute atomic E-state index is 0.0135. The first-order valence-corrected chi connectivity index (χ1v) is 23.5. The third-order valence-corrected chi connectivity index (χ3v) is 18.2. The fraction of sp³-hybridized carbons (Fsp3) is 0.319. The second kappa shape index (κ2) is 14.0. The van der Waals surface area contributed by atoms with Crippen LogP contribution in [0.1, 0.15) is 94.5 Å². The van der Waals surface area contributed by atoms with E-state index in [-0.39, 0.29) is 22.0 Å². The number of fused-ring (bicyclic) bond motifs is 8. The highest BCUT2D eigenvalue weighted by atomic mass is 32.1. The van der Waals surface area contributed by atoms with E-state index < -0.39 is 11.6 Å². The Morgan fingerprint density at radius 3 is 1.75 bits per heavy atom. The van der Waals surface area contributed by atoms with Crippen LogP contribution >= 0.6 is 57.1 Å². The van der Waals surface area contributed by atoms with Crippen molar-refractivity contribution in [3.8, 4) is 30.6 Å². The molecule has 9 heteroatoms. The summed E-state index contributed by atoms with van der Waals surface area (Å²) < 4.78 is 44.8. The van der Waals surface area contributed by atoms with Crippen LogP contribution in [0, 0.1) is 25.5 Å². The lowest BCUT2D eigenvalue weighted by Gasteiger charge is -2.27. The Balaban J connectivity index is 1.12. The molecule has 4 aromatic carbocycles. The zero-order valence-corrected chi connectivity index (χ0v) is 37.1. The summed E-state index contributed by atoms with van der Waals surface area (Å²) in [6, 6.07) is 22.3. The van der Waals surface area contributed by atoms with Crippen LogP contribution < -0.4 is 0 Å². The maximum Gasteiger partial charge on any atom is 0.170 e. The molecule has 0 saturated heterocycles. The number of hydrogen-bond acceptors (Lipinski definition) is 7. The molecule has 0 aliphatic rings. The molecule has 0 amide bonds. The van der Waals surface area contributed by atoms with Gasteiger partial charge in [-0.05, 0) is 95.5 Å². The third-order valence-electron chi connectivity index (χ3n) is 12.0. The number of thiophene rings is 4. The van der Waals surface area contributed by atoms with Crippen LogP contribution in [0.3, 0.4) is 0 Å². The van der Waals surface area contributed by atoms with Crippen molar-refractivity contribution in [1.82, 2.24) is 8.75 Å². The fourth-order valence-corrected chi connectivity index (χ4v) is 14.8. The molecule has 56 heavy (non-hydrogen) atoms. The molecule has 286 valence electrons. The van der Waals surface area contributed by atoms with Gasteiger partial charge in [-0.1, -0.05) is 90.8 Å². The molecule has 1 unspecified atom stereocenters. The number of aromatic nitrogens is 2. The first kappa shape index (κ1) is 37.9. The molecule has 9 aromatic rings. The van der Waals surface area contributed by atoms with Crippen molar-refractivity contribution >= 4 is 110 Å². The van der Waals surface area contributed by atoms with Gasteiger partial charge in [0.05, 0.1) is 22.9 Å². The molecule has 5 heterocycles. The van der Waals surface area contributed by atoms with E-state index in [0.717, 1.165) is 51.9 Å². The van der Waals surface area contributed by atoms with Crippen LogP contribution in [0.2, 0.25) is 0 Å². The van der Waals surface area contributed by atoms with Crippen LogP contribution in [-0.2, 0) is 10.8 Å². The Kier molecular flexibility index (Phi) is 9.52. The average molecular weight is 835 g/mol. The second-order valence-corrected chi connectivity index (χ2v) is 21.1. The predicted molar refractivity (Wildman–Crippen MR) is 245 cm³/mol. The predicted octanol–water partition coefficient (Wildman–Crippen LogP) is 17.0. The first-order chi connectivity index (χ1) is 26.9. The molecule has 0 aliphatic heterocycles. The highest BCUT2D eigenvalue weighted by Crippen LogP contribution is 2.50. The normalized spacial score (nSPS) is 13.7. The van der Waals surface area contributed by atoms with Gasteiger partial charge in [0.2, 0.25) is 0 Å². The van der Waals surface area contributed by atoms with Gasteiger partial charge < -0.3 is 0 Å². The Morgan fingerprint density at radius 1 is 0.589 bits per heavy atom. The van der Waals surface area contributed by atoms with Gasteiger partial charge in [-0.25, -0.2) is 8.78 Å². The summed E-state index contributed by atoms with van der Waals surface area (Å²) in [4.78, 5) is 6.24. The smallest absolute Gasteiger partial charge is 0.170 e. The molecule has 1 atom stereocenters. The Morgan fingerprint density at radius 2 is 1.14 bits per heavy atom. The molecule has 0 aliphatic carbocycles. The molecule has 0 saturated carbocycles. The molecular formula is C47H44F2N2S5. The van der Waals surface area contributed by atoms with Crippen molar-refractivity contribution in [2.24, 2.45) is 0 Å². The highest BCUT2D eigenvalue weighted by molar-refractivity contribution is 7.28. The van der Waals surface area contributed by atoms with E-state index in [1.165, 1.54) is 75.6 Å². The molecule has 0 fully saturated rings. The molecule has 0 bridgehead atoms. The van der Waals surface area contributed by atoms with E-state index in [0.29, 0.717) is 20.8 Å². The maximum absolute atomic E-state index is 16.6. The van der Waals surface area contributed by atoms with Crippen LogP contribution in [0.4, 0.5) is 8.78 Å². The molecular weight excluding hydrogens is 791 g/mol. The number of benzene rings is 4. The van der Waals surface area contributed by atoms with Gasteiger partial charge in [-0.3, -0.25) is 0 Å².